The Bertz CT molecular complexity index is 829. The van der Waals surface area contributed by atoms with Crippen LogP contribution < -0.4 is 9.62 Å². The molecule has 0 unspecified atom stereocenters. The quantitative estimate of drug-likeness (QED) is 0.857. The zero-order chi connectivity index (χ0) is 18.6. The summed E-state index contributed by atoms with van der Waals surface area (Å²) in [5, 5.41) is 2.85. The predicted molar refractivity (Wildman–Crippen MR) is 99.8 cm³/mol. The fourth-order valence-electron chi connectivity index (χ4n) is 2.19. The molecule has 1 N–H and O–H groups in total. The highest BCUT2D eigenvalue weighted by Gasteiger charge is 2.20. The van der Waals surface area contributed by atoms with Gasteiger partial charge in [-0.2, -0.15) is 12.7 Å². The smallest absolute Gasteiger partial charge is 0.303 e. The number of anilines is 1. The third-order valence-electron chi connectivity index (χ3n) is 3.87. The van der Waals surface area contributed by atoms with Gasteiger partial charge in [0.05, 0.1) is 5.69 Å². The Morgan fingerprint density at radius 2 is 1.52 bits per heavy atom. The molecule has 0 aliphatic carbocycles. The Labute approximate surface area is 149 Å². The van der Waals surface area contributed by atoms with Crippen LogP contribution in [0.3, 0.4) is 0 Å². The van der Waals surface area contributed by atoms with Crippen molar-refractivity contribution in [1.29, 1.82) is 0 Å². The number of nitrogens with one attached hydrogen (secondary N) is 1. The van der Waals surface area contributed by atoms with Crippen molar-refractivity contribution in [3.63, 3.8) is 0 Å². The fraction of sp³-hybridized carbons (Fsp3) is 0.278. The van der Waals surface area contributed by atoms with Crippen molar-refractivity contribution < 1.29 is 13.2 Å². The highest BCUT2D eigenvalue weighted by atomic mass is 32.2. The number of carbonyl (C=O) groups excluding carboxylic acids is 1. The van der Waals surface area contributed by atoms with Crippen LogP contribution in [0.25, 0.3) is 0 Å². The molecule has 2 aromatic rings. The van der Waals surface area contributed by atoms with Crippen LogP contribution in [0.2, 0.25) is 0 Å². The maximum Gasteiger partial charge on any atom is 0.303 e. The van der Waals surface area contributed by atoms with Gasteiger partial charge in [-0.1, -0.05) is 29.8 Å². The third kappa shape index (κ3) is 4.58. The van der Waals surface area contributed by atoms with Crippen LogP contribution in [-0.4, -0.2) is 39.8 Å². The number of aryl methyl sites for hydroxylation is 1. The van der Waals surface area contributed by atoms with E-state index in [1.165, 1.54) is 31.0 Å². The van der Waals surface area contributed by atoms with E-state index in [0.717, 1.165) is 9.87 Å². The van der Waals surface area contributed by atoms with Gasteiger partial charge in [0.2, 0.25) is 0 Å². The lowest BCUT2D eigenvalue weighted by Gasteiger charge is -2.23. The Balaban J connectivity index is 2.04. The molecule has 0 heterocycles. The molecule has 2 aromatic carbocycles. The molecule has 0 spiro atoms. The van der Waals surface area contributed by atoms with Crippen LogP contribution in [0.1, 0.15) is 21.5 Å². The topological polar surface area (TPSA) is 69.7 Å². The van der Waals surface area contributed by atoms with Crippen molar-refractivity contribution >= 4 is 21.8 Å². The average Bonchev–Trinajstić information content (AvgIpc) is 2.60. The summed E-state index contributed by atoms with van der Waals surface area (Å²) in [6.45, 7) is 2.45. The molecular formula is C18H23N3O3S. The van der Waals surface area contributed by atoms with Gasteiger partial charge in [-0.3, -0.25) is 9.10 Å². The number of hydrogen-bond donors (Lipinski definition) is 1. The van der Waals surface area contributed by atoms with Gasteiger partial charge in [-0.15, -0.1) is 0 Å². The van der Waals surface area contributed by atoms with E-state index in [9.17, 15) is 13.2 Å². The van der Waals surface area contributed by atoms with Gasteiger partial charge in [-0.25, -0.2) is 0 Å². The summed E-state index contributed by atoms with van der Waals surface area (Å²) in [5.41, 5.74) is 3.16. The summed E-state index contributed by atoms with van der Waals surface area (Å²) in [6, 6.07) is 14.4. The Morgan fingerprint density at radius 1 is 0.960 bits per heavy atom. The molecule has 134 valence electrons. The second-order valence-corrected chi connectivity index (χ2v) is 8.15. The van der Waals surface area contributed by atoms with Crippen molar-refractivity contribution in [3.8, 4) is 0 Å². The van der Waals surface area contributed by atoms with E-state index in [0.29, 0.717) is 17.8 Å². The lowest BCUT2D eigenvalue weighted by atomic mass is 10.1. The SMILES string of the molecule is Cc1ccc(CNC(=O)c2ccc(N(C)S(=O)(=O)N(C)C)cc2)cc1. The Morgan fingerprint density at radius 3 is 2.04 bits per heavy atom. The summed E-state index contributed by atoms with van der Waals surface area (Å²) in [5.74, 6) is -0.203. The van der Waals surface area contributed by atoms with Gasteiger partial charge in [-0.05, 0) is 36.8 Å². The molecule has 6 nitrogen and oxygen atoms in total. The van der Waals surface area contributed by atoms with Crippen LogP contribution in [-0.2, 0) is 16.8 Å². The van der Waals surface area contributed by atoms with Crippen molar-refractivity contribution in [2.75, 3.05) is 25.4 Å². The zero-order valence-electron chi connectivity index (χ0n) is 14.9. The highest BCUT2D eigenvalue weighted by Crippen LogP contribution is 2.18. The summed E-state index contributed by atoms with van der Waals surface area (Å²) >= 11 is 0. The summed E-state index contributed by atoms with van der Waals surface area (Å²) in [7, 11) is 0.869. The van der Waals surface area contributed by atoms with E-state index in [4.69, 9.17) is 0 Å². The van der Waals surface area contributed by atoms with Crippen LogP contribution in [0.15, 0.2) is 48.5 Å². The number of nitrogens with zero attached hydrogens (tertiary/aromatic N) is 2. The van der Waals surface area contributed by atoms with E-state index >= 15 is 0 Å². The molecule has 0 aromatic heterocycles. The van der Waals surface area contributed by atoms with Crippen molar-refractivity contribution in [1.82, 2.24) is 9.62 Å². The maximum absolute atomic E-state index is 12.2. The third-order valence-corrected chi connectivity index (χ3v) is 5.70. The zero-order valence-corrected chi connectivity index (χ0v) is 15.7. The normalized spacial score (nSPS) is 11.4. The summed E-state index contributed by atoms with van der Waals surface area (Å²) in [6.07, 6.45) is 0. The minimum absolute atomic E-state index is 0.203. The van der Waals surface area contributed by atoms with E-state index < -0.39 is 10.2 Å². The Hall–Kier alpha value is -2.38. The van der Waals surface area contributed by atoms with Gasteiger partial charge in [0, 0.05) is 33.3 Å². The molecule has 0 fully saturated rings. The molecule has 1 amide bonds. The molecular weight excluding hydrogens is 338 g/mol. The number of rotatable bonds is 6. The van der Waals surface area contributed by atoms with Crippen LogP contribution in [0.4, 0.5) is 5.69 Å². The predicted octanol–water partition coefficient (Wildman–Crippen LogP) is 2.17. The standard InChI is InChI=1S/C18H23N3O3S/c1-14-5-7-15(8-6-14)13-19-18(22)16-9-11-17(12-10-16)21(4)25(23,24)20(2)3/h5-12H,13H2,1-4H3,(H,19,22). The van der Waals surface area contributed by atoms with Gasteiger partial charge < -0.3 is 5.32 Å². The van der Waals surface area contributed by atoms with Crippen molar-refractivity contribution in [2.45, 2.75) is 13.5 Å². The lowest BCUT2D eigenvalue weighted by molar-refractivity contribution is 0.0951. The van der Waals surface area contributed by atoms with E-state index in [1.807, 2.05) is 31.2 Å². The van der Waals surface area contributed by atoms with Gasteiger partial charge in [0.15, 0.2) is 0 Å². The van der Waals surface area contributed by atoms with E-state index in [2.05, 4.69) is 5.32 Å². The molecule has 0 saturated carbocycles. The first-order valence-electron chi connectivity index (χ1n) is 7.82. The molecule has 0 aliphatic heterocycles. The van der Waals surface area contributed by atoms with Crippen LogP contribution in [0.5, 0.6) is 0 Å². The van der Waals surface area contributed by atoms with Crippen LogP contribution >= 0.6 is 0 Å². The van der Waals surface area contributed by atoms with Gasteiger partial charge in [0.25, 0.3) is 5.91 Å². The second kappa shape index (κ2) is 7.67. The molecule has 7 heteroatoms. The molecule has 0 aliphatic rings. The van der Waals surface area contributed by atoms with Crippen LogP contribution in [0, 0.1) is 6.92 Å². The van der Waals surface area contributed by atoms with E-state index in [-0.39, 0.29) is 5.91 Å². The fourth-order valence-corrected chi connectivity index (χ4v) is 3.07. The van der Waals surface area contributed by atoms with Gasteiger partial charge >= 0.3 is 10.2 Å². The second-order valence-electron chi connectivity index (χ2n) is 5.97. The molecule has 0 bridgehead atoms. The first-order valence-corrected chi connectivity index (χ1v) is 9.21. The van der Waals surface area contributed by atoms with Crippen molar-refractivity contribution in [2.24, 2.45) is 0 Å². The number of hydrogen-bond acceptors (Lipinski definition) is 3. The molecule has 25 heavy (non-hydrogen) atoms. The summed E-state index contributed by atoms with van der Waals surface area (Å²) in [4.78, 5) is 12.2. The van der Waals surface area contributed by atoms with Crippen molar-refractivity contribution in [3.05, 3.63) is 65.2 Å². The monoisotopic (exact) mass is 361 g/mol. The molecule has 0 radical (unpaired) electrons. The largest absolute Gasteiger partial charge is 0.348 e. The number of benzene rings is 2. The highest BCUT2D eigenvalue weighted by molar-refractivity contribution is 7.90. The average molecular weight is 361 g/mol. The first kappa shape index (κ1) is 19.0. The van der Waals surface area contributed by atoms with Gasteiger partial charge in [0.1, 0.15) is 0 Å². The Kier molecular flexibility index (Phi) is 5.81. The summed E-state index contributed by atoms with van der Waals surface area (Å²) < 4.78 is 26.5. The molecule has 2 rings (SSSR count). The minimum Gasteiger partial charge on any atom is -0.348 e. The number of carbonyl (C=O) groups is 1. The first-order chi connectivity index (χ1) is 11.7. The maximum atomic E-state index is 12.2. The number of amides is 1. The molecule has 0 saturated heterocycles. The van der Waals surface area contributed by atoms with E-state index in [1.54, 1.807) is 24.3 Å². The molecule has 0 atom stereocenters. The lowest BCUT2D eigenvalue weighted by Crippen LogP contribution is -2.37. The minimum atomic E-state index is -3.55.